The molecule has 5 N–H and O–H groups in total. The van der Waals surface area contributed by atoms with Crippen LogP contribution >= 0.6 is 11.6 Å². The first-order valence-electron chi connectivity index (χ1n) is 16.4. The molecule has 10 heteroatoms. The van der Waals surface area contributed by atoms with Crippen LogP contribution in [0.4, 0.5) is 0 Å². The van der Waals surface area contributed by atoms with E-state index in [9.17, 15) is 19.2 Å². The number of nitrogens with one attached hydrogen (secondary N) is 3. The Labute approximate surface area is 292 Å². The minimum absolute atomic E-state index is 0.104. The van der Waals surface area contributed by atoms with Crippen LogP contribution in [0.3, 0.4) is 0 Å². The van der Waals surface area contributed by atoms with E-state index in [4.69, 9.17) is 22.1 Å². The summed E-state index contributed by atoms with van der Waals surface area (Å²) in [4.78, 5) is 53.8. The van der Waals surface area contributed by atoms with E-state index in [0.717, 1.165) is 22.3 Å². The molecule has 0 spiro atoms. The van der Waals surface area contributed by atoms with Gasteiger partial charge in [-0.05, 0) is 59.9 Å². The van der Waals surface area contributed by atoms with Gasteiger partial charge in [-0.3, -0.25) is 19.2 Å². The molecule has 9 nitrogen and oxygen atoms in total. The lowest BCUT2D eigenvalue weighted by molar-refractivity contribution is -0.134. The fourth-order valence-electron chi connectivity index (χ4n) is 5.39. The maximum absolute atomic E-state index is 14.0. The van der Waals surface area contributed by atoms with Gasteiger partial charge in [0.05, 0.1) is 6.61 Å². The first-order chi connectivity index (χ1) is 23.6. The number of halogens is 1. The van der Waals surface area contributed by atoms with E-state index in [0.29, 0.717) is 23.8 Å². The summed E-state index contributed by atoms with van der Waals surface area (Å²) in [6.07, 6.45) is 0.937. The summed E-state index contributed by atoms with van der Waals surface area (Å²) < 4.78 is 5.55. The Hall–Kier alpha value is -5.15. The van der Waals surface area contributed by atoms with E-state index < -0.39 is 41.8 Å². The summed E-state index contributed by atoms with van der Waals surface area (Å²) in [5, 5.41) is 9.07. The molecule has 4 amide bonds. The molecular weight excluding hydrogens is 640 g/mol. The second-order valence-corrected chi connectivity index (χ2v) is 12.4. The molecule has 0 aliphatic carbocycles. The minimum Gasteiger partial charge on any atom is -0.494 e. The van der Waals surface area contributed by atoms with E-state index in [1.165, 1.54) is 0 Å². The van der Waals surface area contributed by atoms with Gasteiger partial charge in [-0.15, -0.1) is 0 Å². The van der Waals surface area contributed by atoms with E-state index in [1.807, 2.05) is 86.6 Å². The summed E-state index contributed by atoms with van der Waals surface area (Å²) in [6, 6.07) is 29.9. The molecule has 0 heterocycles. The number of rotatable bonds is 17. The summed E-state index contributed by atoms with van der Waals surface area (Å²) in [5.74, 6) is -1.89. The lowest BCUT2D eigenvalue weighted by atomic mass is 9.98. The lowest BCUT2D eigenvalue weighted by Crippen LogP contribution is -2.58. The number of amides is 4. The maximum Gasteiger partial charge on any atom is 0.243 e. The van der Waals surface area contributed by atoms with Gasteiger partial charge in [0.1, 0.15) is 23.9 Å². The molecule has 49 heavy (non-hydrogen) atoms. The van der Waals surface area contributed by atoms with Crippen LogP contribution in [-0.4, -0.2) is 48.4 Å². The first kappa shape index (κ1) is 36.7. The predicted octanol–water partition coefficient (Wildman–Crippen LogP) is 4.59. The van der Waals surface area contributed by atoms with Gasteiger partial charge in [-0.2, -0.15) is 0 Å². The molecule has 0 fully saturated rings. The Bertz CT molecular complexity index is 1670. The van der Waals surface area contributed by atoms with Crippen LogP contribution in [0.1, 0.15) is 36.1 Å². The highest BCUT2D eigenvalue weighted by molar-refractivity contribution is 6.30. The molecule has 0 bridgehead atoms. The standard InChI is InChI=1S/C39H43ClN4O5/c1-3-49-32-20-16-30(17-21-32)25-35(38(47)42-33(36(41)45)23-29-14-18-31(40)19-15-29)44-39(48)34(24-28-12-8-5-9-13-28)43-37(46)26(2)22-27-10-6-4-7-11-27/h4-21,26,33-35H,3,22-25H2,1-2H3,(H2,41,45)(H,42,47)(H,43,46)(H,44,48). The Morgan fingerprint density at radius 2 is 1.00 bits per heavy atom. The average Bonchev–Trinajstić information content (AvgIpc) is 3.10. The van der Waals surface area contributed by atoms with E-state index in [-0.39, 0.29) is 25.2 Å². The molecule has 0 saturated heterocycles. The van der Waals surface area contributed by atoms with Gasteiger partial charge >= 0.3 is 0 Å². The van der Waals surface area contributed by atoms with Crippen molar-refractivity contribution in [2.75, 3.05) is 6.61 Å². The van der Waals surface area contributed by atoms with Crippen LogP contribution in [0.5, 0.6) is 5.75 Å². The second-order valence-electron chi connectivity index (χ2n) is 12.0. The molecule has 0 aliphatic heterocycles. The number of nitrogens with two attached hydrogens (primary N) is 1. The van der Waals surface area contributed by atoms with Crippen LogP contribution in [-0.2, 0) is 44.9 Å². The van der Waals surface area contributed by atoms with Crippen molar-refractivity contribution in [3.05, 3.63) is 136 Å². The molecule has 0 saturated carbocycles. The van der Waals surface area contributed by atoms with Crippen molar-refractivity contribution >= 4 is 35.2 Å². The summed E-state index contributed by atoms with van der Waals surface area (Å²) >= 11 is 6.02. The zero-order valence-electron chi connectivity index (χ0n) is 27.7. The topological polar surface area (TPSA) is 140 Å². The number of carbonyl (C=O) groups is 4. The van der Waals surface area contributed by atoms with Gasteiger partial charge in [-0.1, -0.05) is 103 Å². The second kappa shape index (κ2) is 18.4. The Kier molecular flexibility index (Phi) is 13.8. The number of hydrogen-bond donors (Lipinski definition) is 4. The molecule has 4 unspecified atom stereocenters. The third-order valence-electron chi connectivity index (χ3n) is 8.07. The predicted molar refractivity (Wildman–Crippen MR) is 191 cm³/mol. The number of benzene rings is 4. The van der Waals surface area contributed by atoms with Crippen LogP contribution in [0.2, 0.25) is 5.02 Å². The van der Waals surface area contributed by atoms with Crippen molar-refractivity contribution in [1.82, 2.24) is 16.0 Å². The van der Waals surface area contributed by atoms with Crippen LogP contribution in [0.15, 0.2) is 109 Å². The van der Waals surface area contributed by atoms with Crippen LogP contribution in [0, 0.1) is 5.92 Å². The van der Waals surface area contributed by atoms with Crippen molar-refractivity contribution in [1.29, 1.82) is 0 Å². The van der Waals surface area contributed by atoms with Gasteiger partial charge in [0.25, 0.3) is 0 Å². The van der Waals surface area contributed by atoms with Crippen molar-refractivity contribution in [3.63, 3.8) is 0 Å². The maximum atomic E-state index is 14.0. The summed E-state index contributed by atoms with van der Waals surface area (Å²) in [7, 11) is 0. The first-order valence-corrected chi connectivity index (χ1v) is 16.7. The summed E-state index contributed by atoms with van der Waals surface area (Å²) in [5.41, 5.74) is 9.04. The monoisotopic (exact) mass is 682 g/mol. The fraction of sp³-hybridized carbons (Fsp3) is 0.282. The van der Waals surface area contributed by atoms with Gasteiger partial charge in [0.2, 0.25) is 23.6 Å². The Morgan fingerprint density at radius 3 is 1.49 bits per heavy atom. The van der Waals surface area contributed by atoms with Gasteiger partial charge in [-0.25, -0.2) is 0 Å². The summed E-state index contributed by atoms with van der Waals surface area (Å²) in [6.45, 7) is 4.20. The van der Waals surface area contributed by atoms with Gasteiger partial charge in [0.15, 0.2) is 0 Å². The van der Waals surface area contributed by atoms with Crippen molar-refractivity contribution in [2.45, 2.75) is 57.7 Å². The third kappa shape index (κ3) is 11.8. The highest BCUT2D eigenvalue weighted by atomic mass is 35.5. The van der Waals surface area contributed by atoms with Crippen molar-refractivity contribution in [2.24, 2.45) is 11.7 Å². The molecule has 4 rings (SSSR count). The SMILES string of the molecule is CCOc1ccc(CC(NC(=O)C(Cc2ccccc2)NC(=O)C(C)Cc2ccccc2)C(=O)NC(Cc2ccc(Cl)cc2)C(N)=O)cc1. The molecular formula is C39H43ClN4O5. The van der Waals surface area contributed by atoms with Crippen LogP contribution < -0.4 is 26.4 Å². The van der Waals surface area contributed by atoms with Gasteiger partial charge in [0, 0.05) is 30.2 Å². The Balaban J connectivity index is 1.56. The third-order valence-corrected chi connectivity index (χ3v) is 8.32. The largest absolute Gasteiger partial charge is 0.494 e. The smallest absolute Gasteiger partial charge is 0.243 e. The normalized spacial score (nSPS) is 13.3. The number of ether oxygens (including phenoxy) is 1. The molecule has 4 aromatic carbocycles. The highest BCUT2D eigenvalue weighted by Crippen LogP contribution is 2.16. The molecule has 0 aromatic heterocycles. The molecule has 0 aliphatic rings. The Morgan fingerprint density at radius 1 is 0.592 bits per heavy atom. The lowest BCUT2D eigenvalue weighted by Gasteiger charge is -2.26. The number of primary amides is 1. The average molecular weight is 683 g/mol. The highest BCUT2D eigenvalue weighted by Gasteiger charge is 2.30. The quantitative estimate of drug-likeness (QED) is 0.129. The van der Waals surface area contributed by atoms with E-state index >= 15 is 0 Å². The van der Waals surface area contributed by atoms with Crippen LogP contribution in [0.25, 0.3) is 0 Å². The van der Waals surface area contributed by atoms with Gasteiger partial charge < -0.3 is 26.4 Å². The van der Waals surface area contributed by atoms with Crippen molar-refractivity contribution < 1.29 is 23.9 Å². The van der Waals surface area contributed by atoms with E-state index in [2.05, 4.69) is 16.0 Å². The fourth-order valence-corrected chi connectivity index (χ4v) is 5.52. The number of carbonyl (C=O) groups excluding carboxylic acids is 4. The zero-order chi connectivity index (χ0) is 35.2. The van der Waals surface area contributed by atoms with E-state index in [1.54, 1.807) is 36.4 Å². The molecule has 4 atom stereocenters. The number of hydrogen-bond acceptors (Lipinski definition) is 5. The molecule has 0 radical (unpaired) electrons. The minimum atomic E-state index is -1.10. The molecule has 4 aromatic rings. The molecule has 256 valence electrons. The van der Waals surface area contributed by atoms with Crippen molar-refractivity contribution in [3.8, 4) is 5.75 Å². The zero-order valence-corrected chi connectivity index (χ0v) is 28.5.